The van der Waals surface area contributed by atoms with Gasteiger partial charge in [-0.25, -0.2) is 0 Å². The maximum atomic E-state index is 10.8. The van der Waals surface area contributed by atoms with Crippen molar-refractivity contribution in [3.05, 3.63) is 29.8 Å². The van der Waals surface area contributed by atoms with Gasteiger partial charge in [-0.2, -0.15) is 5.26 Å². The summed E-state index contributed by atoms with van der Waals surface area (Å²) in [6.07, 6.45) is -0.386. The van der Waals surface area contributed by atoms with E-state index in [1.807, 2.05) is 37.3 Å². The molecule has 0 heterocycles. The summed E-state index contributed by atoms with van der Waals surface area (Å²) in [6, 6.07) is 9.52. The van der Waals surface area contributed by atoms with Crippen LogP contribution in [0, 0.1) is 18.3 Å². The van der Waals surface area contributed by atoms with Crippen LogP contribution in [-0.4, -0.2) is 18.7 Å². The number of benzene rings is 1. The van der Waals surface area contributed by atoms with Gasteiger partial charge in [0.25, 0.3) is 0 Å². The first-order chi connectivity index (χ1) is 8.13. The van der Waals surface area contributed by atoms with Gasteiger partial charge in [-0.3, -0.25) is 4.79 Å². The number of hydrogen-bond donors (Lipinski definition) is 0. The second-order valence-electron chi connectivity index (χ2n) is 3.67. The second-order valence-corrected chi connectivity index (χ2v) is 3.67. The van der Waals surface area contributed by atoms with Crippen LogP contribution in [0.4, 0.5) is 0 Å². The predicted molar refractivity (Wildman–Crippen MR) is 62.5 cm³/mol. The van der Waals surface area contributed by atoms with Gasteiger partial charge in [0.1, 0.15) is 18.5 Å². The molecule has 1 aromatic carbocycles. The van der Waals surface area contributed by atoms with E-state index in [0.29, 0.717) is 0 Å². The van der Waals surface area contributed by atoms with Crippen LogP contribution in [0.25, 0.3) is 0 Å². The normalized spacial score (nSPS) is 11.4. The standard InChI is InChI=1S/C13H15NO3/c1-10-5-3-4-6-13(10)16-9-12(7-8-14)17-11(2)15/h3-6,12H,7,9H2,1-2H3/t12-/m1/s1. The maximum absolute atomic E-state index is 10.8. The molecular weight excluding hydrogens is 218 g/mol. The fourth-order valence-electron chi connectivity index (χ4n) is 1.37. The molecule has 0 bridgehead atoms. The van der Waals surface area contributed by atoms with Crippen LogP contribution in [0.15, 0.2) is 24.3 Å². The van der Waals surface area contributed by atoms with Crippen molar-refractivity contribution in [2.75, 3.05) is 6.61 Å². The van der Waals surface area contributed by atoms with Gasteiger partial charge in [-0.1, -0.05) is 18.2 Å². The summed E-state index contributed by atoms with van der Waals surface area (Å²) in [6.45, 7) is 3.44. The van der Waals surface area contributed by atoms with E-state index < -0.39 is 12.1 Å². The molecule has 0 aliphatic rings. The van der Waals surface area contributed by atoms with Crippen LogP contribution >= 0.6 is 0 Å². The Kier molecular flexibility index (Phi) is 5.02. The Bertz CT molecular complexity index is 423. The quantitative estimate of drug-likeness (QED) is 0.732. The topological polar surface area (TPSA) is 59.3 Å². The largest absolute Gasteiger partial charge is 0.489 e. The lowest BCUT2D eigenvalue weighted by molar-refractivity contribution is -0.147. The Balaban J connectivity index is 2.55. The lowest BCUT2D eigenvalue weighted by Gasteiger charge is -2.15. The summed E-state index contributed by atoms with van der Waals surface area (Å²) in [5.74, 6) is 0.334. The molecule has 0 amide bonds. The lowest BCUT2D eigenvalue weighted by Crippen LogP contribution is -2.23. The van der Waals surface area contributed by atoms with E-state index in [4.69, 9.17) is 14.7 Å². The van der Waals surface area contributed by atoms with E-state index in [2.05, 4.69) is 0 Å². The average molecular weight is 233 g/mol. The Morgan fingerprint density at radius 3 is 2.76 bits per heavy atom. The molecule has 1 rings (SSSR count). The molecule has 0 aliphatic carbocycles. The molecule has 17 heavy (non-hydrogen) atoms. The summed E-state index contributed by atoms with van der Waals surface area (Å²) in [5, 5.41) is 8.60. The predicted octanol–water partition coefficient (Wildman–Crippen LogP) is 2.22. The molecule has 0 saturated carbocycles. The van der Waals surface area contributed by atoms with Gasteiger partial charge in [0.2, 0.25) is 0 Å². The monoisotopic (exact) mass is 233 g/mol. The fraction of sp³-hybridized carbons (Fsp3) is 0.385. The molecule has 4 nitrogen and oxygen atoms in total. The van der Waals surface area contributed by atoms with Crippen LogP contribution in [0.1, 0.15) is 18.9 Å². The van der Waals surface area contributed by atoms with Crippen molar-refractivity contribution in [3.63, 3.8) is 0 Å². The van der Waals surface area contributed by atoms with Gasteiger partial charge < -0.3 is 9.47 Å². The SMILES string of the molecule is CC(=O)O[C@H](CC#N)COc1ccccc1C. The zero-order valence-corrected chi connectivity index (χ0v) is 9.97. The number of ether oxygens (including phenoxy) is 2. The van der Waals surface area contributed by atoms with Crippen molar-refractivity contribution in [2.24, 2.45) is 0 Å². The number of carbonyl (C=O) groups excluding carboxylic acids is 1. The number of nitriles is 1. The van der Waals surface area contributed by atoms with E-state index in [1.54, 1.807) is 0 Å². The third-order valence-electron chi connectivity index (χ3n) is 2.17. The molecule has 0 spiro atoms. The number of nitrogens with zero attached hydrogens (tertiary/aromatic N) is 1. The third-order valence-corrected chi connectivity index (χ3v) is 2.17. The molecule has 1 atom stereocenters. The van der Waals surface area contributed by atoms with Crippen LogP contribution < -0.4 is 4.74 Å². The Morgan fingerprint density at radius 1 is 1.47 bits per heavy atom. The van der Waals surface area contributed by atoms with Crippen molar-refractivity contribution in [3.8, 4) is 11.8 Å². The zero-order valence-electron chi connectivity index (χ0n) is 9.97. The number of aryl methyl sites for hydroxylation is 1. The smallest absolute Gasteiger partial charge is 0.303 e. The average Bonchev–Trinajstić information content (AvgIpc) is 2.27. The molecule has 0 aliphatic heterocycles. The first-order valence-corrected chi connectivity index (χ1v) is 5.36. The molecule has 0 N–H and O–H groups in total. The van der Waals surface area contributed by atoms with Gasteiger partial charge in [0.15, 0.2) is 0 Å². The number of hydrogen-bond acceptors (Lipinski definition) is 4. The first kappa shape index (κ1) is 13.0. The van der Waals surface area contributed by atoms with Crippen LogP contribution in [0.2, 0.25) is 0 Å². The summed E-state index contributed by atoms with van der Waals surface area (Å²) in [7, 11) is 0. The van der Waals surface area contributed by atoms with E-state index in [1.165, 1.54) is 6.92 Å². The van der Waals surface area contributed by atoms with Crippen molar-refractivity contribution in [1.29, 1.82) is 5.26 Å². The van der Waals surface area contributed by atoms with Crippen molar-refractivity contribution in [2.45, 2.75) is 26.4 Å². The van der Waals surface area contributed by atoms with Gasteiger partial charge >= 0.3 is 5.97 Å². The lowest BCUT2D eigenvalue weighted by atomic mass is 10.2. The van der Waals surface area contributed by atoms with Gasteiger partial charge in [0, 0.05) is 6.92 Å². The summed E-state index contributed by atoms with van der Waals surface area (Å²) >= 11 is 0. The highest BCUT2D eigenvalue weighted by atomic mass is 16.6. The van der Waals surface area contributed by atoms with Crippen molar-refractivity contribution in [1.82, 2.24) is 0 Å². The minimum atomic E-state index is -0.517. The van der Waals surface area contributed by atoms with Gasteiger partial charge in [0.05, 0.1) is 12.5 Å². The Morgan fingerprint density at radius 2 is 2.18 bits per heavy atom. The molecule has 4 heteroatoms. The molecule has 0 unspecified atom stereocenters. The summed E-state index contributed by atoms with van der Waals surface area (Å²) in [5.41, 5.74) is 1.01. The molecule has 0 fully saturated rings. The molecule has 90 valence electrons. The summed E-state index contributed by atoms with van der Waals surface area (Å²) in [4.78, 5) is 10.8. The number of carbonyl (C=O) groups is 1. The minimum Gasteiger partial charge on any atom is -0.489 e. The van der Waals surface area contributed by atoms with Crippen LogP contribution in [-0.2, 0) is 9.53 Å². The minimum absolute atomic E-state index is 0.130. The van der Waals surface area contributed by atoms with E-state index in [0.717, 1.165) is 11.3 Å². The van der Waals surface area contributed by atoms with Crippen molar-refractivity contribution < 1.29 is 14.3 Å². The number of para-hydroxylation sites is 1. The molecule has 0 aromatic heterocycles. The first-order valence-electron chi connectivity index (χ1n) is 5.36. The number of esters is 1. The van der Waals surface area contributed by atoms with Gasteiger partial charge in [-0.05, 0) is 18.6 Å². The third kappa shape index (κ3) is 4.56. The molecule has 0 radical (unpaired) electrons. The van der Waals surface area contributed by atoms with E-state index in [9.17, 15) is 4.79 Å². The Labute approximate surface area is 101 Å². The number of rotatable bonds is 5. The Hall–Kier alpha value is -2.02. The fourth-order valence-corrected chi connectivity index (χ4v) is 1.37. The van der Waals surface area contributed by atoms with Crippen LogP contribution in [0.3, 0.4) is 0 Å². The zero-order chi connectivity index (χ0) is 12.7. The van der Waals surface area contributed by atoms with Gasteiger partial charge in [-0.15, -0.1) is 0 Å². The van der Waals surface area contributed by atoms with Crippen LogP contribution in [0.5, 0.6) is 5.75 Å². The van der Waals surface area contributed by atoms with E-state index >= 15 is 0 Å². The highest BCUT2D eigenvalue weighted by Gasteiger charge is 2.13. The maximum Gasteiger partial charge on any atom is 0.303 e. The van der Waals surface area contributed by atoms with Crippen molar-refractivity contribution >= 4 is 5.97 Å². The second kappa shape index (κ2) is 6.54. The molecule has 0 saturated heterocycles. The highest BCUT2D eigenvalue weighted by molar-refractivity contribution is 5.66. The van der Waals surface area contributed by atoms with E-state index in [-0.39, 0.29) is 13.0 Å². The summed E-state index contributed by atoms with van der Waals surface area (Å²) < 4.78 is 10.5. The molecular formula is C13H15NO3. The highest BCUT2D eigenvalue weighted by Crippen LogP contribution is 2.16. The molecule has 1 aromatic rings.